The molecule has 27 heavy (non-hydrogen) atoms. The highest BCUT2D eigenvalue weighted by Crippen LogP contribution is 2.40. The van der Waals surface area contributed by atoms with Crippen molar-refractivity contribution < 1.29 is 13.6 Å². The van der Waals surface area contributed by atoms with Gasteiger partial charge in [-0.2, -0.15) is 10.2 Å². The van der Waals surface area contributed by atoms with E-state index in [4.69, 9.17) is 11.6 Å². The molecule has 1 saturated carbocycles. The van der Waals surface area contributed by atoms with Crippen molar-refractivity contribution in [3.63, 3.8) is 0 Å². The van der Waals surface area contributed by atoms with Crippen LogP contribution < -0.4 is 0 Å². The van der Waals surface area contributed by atoms with Gasteiger partial charge in [-0.15, -0.1) is 0 Å². The zero-order valence-corrected chi connectivity index (χ0v) is 15.5. The van der Waals surface area contributed by atoms with Crippen molar-refractivity contribution in [3.05, 3.63) is 46.1 Å². The Morgan fingerprint density at radius 2 is 2.15 bits per heavy atom. The van der Waals surface area contributed by atoms with Crippen LogP contribution in [0.5, 0.6) is 0 Å². The number of carbonyl (C=O) groups excluding carboxylic acids is 1. The third-order valence-electron chi connectivity index (χ3n) is 4.66. The molecular formula is C17H17ClF2N6O. The second-order valence-electron chi connectivity index (χ2n) is 6.70. The summed E-state index contributed by atoms with van der Waals surface area (Å²) in [6.45, 7) is 0.213. The first kappa shape index (κ1) is 17.8. The van der Waals surface area contributed by atoms with E-state index < -0.39 is 12.3 Å². The SMILES string of the molecule is CN(Cc1c(Cl)cnn1C)C(=O)c1cc2nc(C3CC3)cc(C(F)F)n2n1. The van der Waals surface area contributed by atoms with E-state index >= 15 is 0 Å². The summed E-state index contributed by atoms with van der Waals surface area (Å²) in [7, 11) is 3.31. The standard InChI is InChI=1S/C17H17ClF2N6O/c1-24(8-14-10(18)7-21-25(14)2)17(27)12-6-15-22-11(9-3-4-9)5-13(16(19)20)26(15)23-12/h5-7,9,16H,3-4,8H2,1-2H3. The van der Waals surface area contributed by atoms with Crippen molar-refractivity contribution in [2.75, 3.05) is 7.05 Å². The van der Waals surface area contributed by atoms with Crippen molar-refractivity contribution in [1.82, 2.24) is 29.3 Å². The Labute approximate surface area is 158 Å². The van der Waals surface area contributed by atoms with Crippen molar-refractivity contribution in [1.29, 1.82) is 0 Å². The van der Waals surface area contributed by atoms with Crippen LogP contribution in [0.15, 0.2) is 18.3 Å². The van der Waals surface area contributed by atoms with Crippen LogP contribution in [0.25, 0.3) is 5.65 Å². The molecule has 4 rings (SSSR count). The van der Waals surface area contributed by atoms with Crippen LogP contribution in [0, 0.1) is 0 Å². The van der Waals surface area contributed by atoms with Crippen LogP contribution in [-0.4, -0.2) is 42.2 Å². The van der Waals surface area contributed by atoms with Gasteiger partial charge in [0.15, 0.2) is 11.3 Å². The van der Waals surface area contributed by atoms with Crippen LogP contribution in [0.1, 0.15) is 52.8 Å². The lowest BCUT2D eigenvalue weighted by Crippen LogP contribution is -2.27. The molecule has 0 spiro atoms. The molecule has 0 aliphatic heterocycles. The number of hydrogen-bond acceptors (Lipinski definition) is 4. The predicted octanol–water partition coefficient (Wildman–Crippen LogP) is 3.20. The van der Waals surface area contributed by atoms with Crippen LogP contribution in [-0.2, 0) is 13.6 Å². The highest BCUT2D eigenvalue weighted by atomic mass is 35.5. The third kappa shape index (κ3) is 3.27. The fraction of sp³-hybridized carbons (Fsp3) is 0.412. The summed E-state index contributed by atoms with van der Waals surface area (Å²) in [6, 6.07) is 2.83. The average molecular weight is 395 g/mol. The number of halogens is 3. The van der Waals surface area contributed by atoms with Gasteiger partial charge >= 0.3 is 0 Å². The zero-order valence-electron chi connectivity index (χ0n) is 14.7. The van der Waals surface area contributed by atoms with Gasteiger partial charge in [0, 0.05) is 31.8 Å². The molecule has 1 aliphatic rings. The Kier molecular flexibility index (Phi) is 4.33. The maximum absolute atomic E-state index is 13.5. The van der Waals surface area contributed by atoms with Gasteiger partial charge in [-0.05, 0) is 18.9 Å². The number of fused-ring (bicyclic) bond motifs is 1. The lowest BCUT2D eigenvalue weighted by molar-refractivity contribution is 0.0775. The minimum absolute atomic E-state index is 0.0538. The summed E-state index contributed by atoms with van der Waals surface area (Å²) in [5.74, 6) is -0.192. The Morgan fingerprint density at radius 1 is 1.41 bits per heavy atom. The number of nitrogens with zero attached hydrogens (tertiary/aromatic N) is 6. The lowest BCUT2D eigenvalue weighted by atomic mass is 10.2. The van der Waals surface area contributed by atoms with Crippen molar-refractivity contribution in [2.45, 2.75) is 31.7 Å². The molecule has 0 N–H and O–H groups in total. The molecule has 1 aliphatic carbocycles. The van der Waals surface area contributed by atoms with Crippen LogP contribution in [0.2, 0.25) is 5.02 Å². The Balaban J connectivity index is 1.66. The van der Waals surface area contributed by atoms with Gasteiger partial charge in [-0.1, -0.05) is 11.6 Å². The number of hydrogen-bond donors (Lipinski definition) is 0. The van der Waals surface area contributed by atoms with E-state index in [1.54, 1.807) is 18.8 Å². The summed E-state index contributed by atoms with van der Waals surface area (Å²) in [4.78, 5) is 18.6. The molecule has 0 aromatic carbocycles. The summed E-state index contributed by atoms with van der Waals surface area (Å²) in [6.07, 6.45) is 0.681. The van der Waals surface area contributed by atoms with Crippen LogP contribution >= 0.6 is 11.6 Å². The maximum Gasteiger partial charge on any atom is 0.280 e. The Hall–Kier alpha value is -2.55. The molecule has 0 saturated heterocycles. The largest absolute Gasteiger partial charge is 0.334 e. The number of amides is 1. The smallest absolute Gasteiger partial charge is 0.280 e. The summed E-state index contributed by atoms with van der Waals surface area (Å²) in [5, 5.41) is 8.56. The number of rotatable bonds is 5. The van der Waals surface area contributed by atoms with Gasteiger partial charge in [-0.3, -0.25) is 9.48 Å². The fourth-order valence-electron chi connectivity index (χ4n) is 2.97. The quantitative estimate of drug-likeness (QED) is 0.666. The van der Waals surface area contributed by atoms with Crippen molar-refractivity contribution in [2.24, 2.45) is 7.05 Å². The number of aromatic nitrogens is 5. The Bertz CT molecular complexity index is 1010. The monoisotopic (exact) mass is 394 g/mol. The summed E-state index contributed by atoms with van der Waals surface area (Å²) in [5.41, 5.74) is 1.35. The second kappa shape index (κ2) is 6.56. The minimum atomic E-state index is -2.71. The van der Waals surface area contributed by atoms with Crippen LogP contribution in [0.4, 0.5) is 8.78 Å². The van der Waals surface area contributed by atoms with Gasteiger partial charge in [-0.25, -0.2) is 18.3 Å². The molecule has 10 heteroatoms. The molecule has 1 amide bonds. The van der Waals surface area contributed by atoms with E-state index in [0.29, 0.717) is 16.4 Å². The van der Waals surface area contributed by atoms with E-state index in [1.807, 2.05) is 0 Å². The molecule has 3 heterocycles. The van der Waals surface area contributed by atoms with Gasteiger partial charge in [0.1, 0.15) is 5.69 Å². The van der Waals surface area contributed by atoms with Gasteiger partial charge < -0.3 is 4.90 Å². The van der Waals surface area contributed by atoms with E-state index in [2.05, 4.69) is 15.2 Å². The first-order valence-electron chi connectivity index (χ1n) is 8.45. The van der Waals surface area contributed by atoms with E-state index in [9.17, 15) is 13.6 Å². The summed E-state index contributed by atoms with van der Waals surface area (Å²) < 4.78 is 29.6. The summed E-state index contributed by atoms with van der Waals surface area (Å²) >= 11 is 6.08. The molecule has 3 aromatic rings. The van der Waals surface area contributed by atoms with E-state index in [0.717, 1.165) is 17.4 Å². The number of aryl methyl sites for hydroxylation is 1. The first-order chi connectivity index (χ1) is 12.8. The maximum atomic E-state index is 13.5. The predicted molar refractivity (Wildman–Crippen MR) is 93.9 cm³/mol. The average Bonchev–Trinajstić information content (AvgIpc) is 3.33. The molecule has 1 fully saturated rings. The topological polar surface area (TPSA) is 68.3 Å². The fourth-order valence-corrected chi connectivity index (χ4v) is 3.20. The Morgan fingerprint density at radius 3 is 2.74 bits per heavy atom. The normalized spacial score (nSPS) is 14.3. The molecule has 0 bridgehead atoms. The third-order valence-corrected chi connectivity index (χ3v) is 4.97. The number of alkyl halides is 2. The van der Waals surface area contributed by atoms with Crippen LogP contribution in [0.3, 0.4) is 0 Å². The van der Waals surface area contributed by atoms with Gasteiger partial charge in [0.25, 0.3) is 12.3 Å². The number of carbonyl (C=O) groups is 1. The second-order valence-corrected chi connectivity index (χ2v) is 7.11. The minimum Gasteiger partial charge on any atom is -0.334 e. The van der Waals surface area contributed by atoms with Gasteiger partial charge in [0.05, 0.1) is 23.5 Å². The van der Waals surface area contributed by atoms with Crippen molar-refractivity contribution in [3.8, 4) is 0 Å². The molecule has 7 nitrogen and oxygen atoms in total. The molecule has 3 aromatic heterocycles. The molecule has 142 valence electrons. The highest BCUT2D eigenvalue weighted by molar-refractivity contribution is 6.31. The van der Waals surface area contributed by atoms with E-state index in [-0.39, 0.29) is 29.5 Å². The van der Waals surface area contributed by atoms with Crippen molar-refractivity contribution >= 4 is 23.2 Å². The molecule has 0 atom stereocenters. The molecule has 0 unspecified atom stereocenters. The van der Waals surface area contributed by atoms with E-state index in [1.165, 1.54) is 23.2 Å². The highest BCUT2D eigenvalue weighted by Gasteiger charge is 2.29. The lowest BCUT2D eigenvalue weighted by Gasteiger charge is -2.16. The van der Waals surface area contributed by atoms with Gasteiger partial charge in [0.2, 0.25) is 0 Å². The zero-order chi connectivity index (χ0) is 19.3. The molecular weight excluding hydrogens is 378 g/mol. The first-order valence-corrected chi connectivity index (χ1v) is 8.83. The molecule has 0 radical (unpaired) electrons.